The number of benzene rings is 1. The largest absolute Gasteiger partial charge is 0.337 e. The van der Waals surface area contributed by atoms with E-state index in [1.54, 1.807) is 4.90 Å². The zero-order valence-electron chi connectivity index (χ0n) is 17.0. The minimum Gasteiger partial charge on any atom is -0.337 e. The van der Waals surface area contributed by atoms with Gasteiger partial charge in [-0.05, 0) is 38.5 Å². The van der Waals surface area contributed by atoms with E-state index in [4.69, 9.17) is 0 Å². The predicted octanol–water partition coefficient (Wildman–Crippen LogP) is 3.89. The van der Waals surface area contributed by atoms with Crippen LogP contribution in [0.1, 0.15) is 47.7 Å². The Bertz CT molecular complexity index is 963. The molecule has 2 heterocycles. The Hall–Kier alpha value is -3.02. The van der Waals surface area contributed by atoms with Crippen molar-refractivity contribution in [3.8, 4) is 11.3 Å². The summed E-state index contributed by atoms with van der Waals surface area (Å²) in [5.74, 6) is 0.730. The van der Waals surface area contributed by atoms with E-state index in [2.05, 4.69) is 22.0 Å². The summed E-state index contributed by atoms with van der Waals surface area (Å²) >= 11 is 0. The maximum atomic E-state index is 12.9. The van der Waals surface area contributed by atoms with Crippen molar-refractivity contribution in [3.05, 3.63) is 65.4 Å². The monoisotopic (exact) mass is 377 g/mol. The molecular weight excluding hydrogens is 350 g/mol. The predicted molar refractivity (Wildman–Crippen MR) is 110 cm³/mol. The number of aromatic nitrogens is 4. The second-order valence-electron chi connectivity index (χ2n) is 6.99. The molecule has 6 nitrogen and oxygen atoms in total. The first-order chi connectivity index (χ1) is 13.5. The molecule has 3 rings (SSSR count). The molecule has 0 unspecified atom stereocenters. The van der Waals surface area contributed by atoms with Gasteiger partial charge in [-0.2, -0.15) is 5.10 Å². The van der Waals surface area contributed by atoms with Gasteiger partial charge < -0.3 is 4.90 Å². The Balaban J connectivity index is 1.81. The highest BCUT2D eigenvalue weighted by atomic mass is 16.2. The SMILES string of the molecule is CCCc1cc(-c2cccc(C(=O)N(C)Cc3cnn(CC)c3)c2)nc(C)n1. The third-order valence-electron chi connectivity index (χ3n) is 4.58. The van der Waals surface area contributed by atoms with Gasteiger partial charge in [0.2, 0.25) is 0 Å². The Kier molecular flexibility index (Phi) is 6.19. The van der Waals surface area contributed by atoms with Crippen LogP contribution < -0.4 is 0 Å². The fourth-order valence-electron chi connectivity index (χ4n) is 3.20. The van der Waals surface area contributed by atoms with Crippen molar-refractivity contribution in [2.24, 2.45) is 0 Å². The zero-order chi connectivity index (χ0) is 20.1. The number of rotatable bonds is 7. The highest BCUT2D eigenvalue weighted by molar-refractivity contribution is 5.95. The van der Waals surface area contributed by atoms with Gasteiger partial charge >= 0.3 is 0 Å². The van der Waals surface area contributed by atoms with Crippen LogP contribution in [0.5, 0.6) is 0 Å². The van der Waals surface area contributed by atoms with Gasteiger partial charge in [0.1, 0.15) is 5.82 Å². The quantitative estimate of drug-likeness (QED) is 0.626. The number of nitrogens with zero attached hydrogens (tertiary/aromatic N) is 5. The molecule has 0 saturated carbocycles. The highest BCUT2D eigenvalue weighted by Crippen LogP contribution is 2.21. The van der Waals surface area contributed by atoms with Gasteiger partial charge in [-0.15, -0.1) is 0 Å². The average molecular weight is 377 g/mol. The molecule has 0 aliphatic heterocycles. The van der Waals surface area contributed by atoms with E-state index in [1.165, 1.54) is 0 Å². The third-order valence-corrected chi connectivity index (χ3v) is 4.58. The number of carbonyl (C=O) groups is 1. The van der Waals surface area contributed by atoms with E-state index >= 15 is 0 Å². The van der Waals surface area contributed by atoms with Crippen molar-refractivity contribution in [1.29, 1.82) is 0 Å². The summed E-state index contributed by atoms with van der Waals surface area (Å²) < 4.78 is 1.86. The lowest BCUT2D eigenvalue weighted by Gasteiger charge is -2.17. The number of aryl methyl sites for hydroxylation is 3. The molecule has 0 aliphatic rings. The van der Waals surface area contributed by atoms with Crippen LogP contribution in [-0.2, 0) is 19.5 Å². The van der Waals surface area contributed by atoms with Crippen LogP contribution in [0.3, 0.4) is 0 Å². The van der Waals surface area contributed by atoms with Crippen molar-refractivity contribution in [3.63, 3.8) is 0 Å². The summed E-state index contributed by atoms with van der Waals surface area (Å²) in [6.45, 7) is 7.42. The third kappa shape index (κ3) is 4.63. The summed E-state index contributed by atoms with van der Waals surface area (Å²) in [7, 11) is 1.81. The molecule has 0 N–H and O–H groups in total. The molecule has 28 heavy (non-hydrogen) atoms. The lowest BCUT2D eigenvalue weighted by atomic mass is 10.1. The van der Waals surface area contributed by atoms with E-state index < -0.39 is 0 Å². The minimum absolute atomic E-state index is 0.0225. The van der Waals surface area contributed by atoms with Crippen LogP contribution in [0, 0.1) is 6.92 Å². The van der Waals surface area contributed by atoms with E-state index in [0.717, 1.165) is 47.7 Å². The van der Waals surface area contributed by atoms with E-state index in [1.807, 2.05) is 68.3 Å². The Morgan fingerprint density at radius 2 is 2.00 bits per heavy atom. The molecule has 0 fully saturated rings. The first-order valence-electron chi connectivity index (χ1n) is 9.72. The molecule has 0 saturated heterocycles. The number of hydrogen-bond acceptors (Lipinski definition) is 4. The van der Waals surface area contributed by atoms with Gasteiger partial charge in [0.05, 0.1) is 11.9 Å². The van der Waals surface area contributed by atoms with Crippen LogP contribution in [0.15, 0.2) is 42.7 Å². The van der Waals surface area contributed by atoms with Crippen LogP contribution in [0.25, 0.3) is 11.3 Å². The maximum Gasteiger partial charge on any atom is 0.253 e. The first kappa shape index (κ1) is 19.7. The molecule has 0 bridgehead atoms. The molecule has 0 radical (unpaired) electrons. The lowest BCUT2D eigenvalue weighted by molar-refractivity contribution is 0.0785. The molecule has 1 amide bonds. The van der Waals surface area contributed by atoms with Gasteiger partial charge in [-0.3, -0.25) is 9.48 Å². The summed E-state index contributed by atoms with van der Waals surface area (Å²) in [5, 5.41) is 4.27. The molecule has 3 aromatic rings. The van der Waals surface area contributed by atoms with Gasteiger partial charge in [0.15, 0.2) is 0 Å². The van der Waals surface area contributed by atoms with Crippen molar-refractivity contribution in [1.82, 2.24) is 24.6 Å². The molecule has 146 valence electrons. The Morgan fingerprint density at radius 1 is 1.18 bits per heavy atom. The smallest absolute Gasteiger partial charge is 0.253 e. The molecule has 1 aromatic carbocycles. The van der Waals surface area contributed by atoms with Gasteiger partial charge in [-0.1, -0.05) is 25.5 Å². The number of carbonyl (C=O) groups excluding carboxylic acids is 1. The molecule has 0 spiro atoms. The van der Waals surface area contributed by atoms with Gasteiger partial charge in [0, 0.05) is 48.7 Å². The standard InChI is InChI=1S/C22H27N5O/c1-5-8-20-12-21(25-16(3)24-20)18-9-7-10-19(11-18)22(28)26(4)14-17-13-23-27(6-2)15-17/h7,9-13,15H,5-6,8,14H2,1-4H3. The van der Waals surface area contributed by atoms with Crippen LogP contribution >= 0.6 is 0 Å². The summed E-state index contributed by atoms with van der Waals surface area (Å²) in [4.78, 5) is 23.7. The fraction of sp³-hybridized carbons (Fsp3) is 0.364. The number of hydrogen-bond donors (Lipinski definition) is 0. The second-order valence-corrected chi connectivity index (χ2v) is 6.99. The summed E-state index contributed by atoms with van der Waals surface area (Å²) in [5.41, 5.74) is 4.49. The Labute approximate surface area is 166 Å². The molecule has 0 aliphatic carbocycles. The first-order valence-corrected chi connectivity index (χ1v) is 9.72. The topological polar surface area (TPSA) is 63.9 Å². The molecule has 0 atom stereocenters. The lowest BCUT2D eigenvalue weighted by Crippen LogP contribution is -2.26. The van der Waals surface area contributed by atoms with Crippen LogP contribution in [0.4, 0.5) is 0 Å². The van der Waals surface area contributed by atoms with Crippen molar-refractivity contribution >= 4 is 5.91 Å². The normalized spacial score (nSPS) is 10.9. The van der Waals surface area contributed by atoms with Gasteiger partial charge in [0.25, 0.3) is 5.91 Å². The summed E-state index contributed by atoms with van der Waals surface area (Å²) in [6.07, 6.45) is 5.73. The molecule has 6 heteroatoms. The van der Waals surface area contributed by atoms with E-state index in [0.29, 0.717) is 12.1 Å². The average Bonchev–Trinajstić information content (AvgIpc) is 3.15. The number of amides is 1. The fourth-order valence-corrected chi connectivity index (χ4v) is 3.20. The molecule has 2 aromatic heterocycles. The van der Waals surface area contributed by atoms with Crippen LogP contribution in [0.2, 0.25) is 0 Å². The van der Waals surface area contributed by atoms with Crippen LogP contribution in [-0.4, -0.2) is 37.6 Å². The van der Waals surface area contributed by atoms with E-state index in [9.17, 15) is 4.79 Å². The second kappa shape index (κ2) is 8.78. The van der Waals surface area contributed by atoms with Crippen molar-refractivity contribution < 1.29 is 4.79 Å². The zero-order valence-corrected chi connectivity index (χ0v) is 17.0. The minimum atomic E-state index is -0.0225. The highest BCUT2D eigenvalue weighted by Gasteiger charge is 2.14. The van der Waals surface area contributed by atoms with E-state index in [-0.39, 0.29) is 5.91 Å². The summed E-state index contributed by atoms with van der Waals surface area (Å²) in [6, 6.07) is 9.66. The Morgan fingerprint density at radius 3 is 2.71 bits per heavy atom. The maximum absolute atomic E-state index is 12.9. The van der Waals surface area contributed by atoms with Crippen molar-refractivity contribution in [2.45, 2.75) is 46.7 Å². The van der Waals surface area contributed by atoms with Crippen molar-refractivity contribution in [2.75, 3.05) is 7.05 Å². The molecular formula is C22H27N5O. The van der Waals surface area contributed by atoms with Gasteiger partial charge in [-0.25, -0.2) is 9.97 Å².